The average Bonchev–Trinajstić information content (AvgIpc) is 3.34. The van der Waals surface area contributed by atoms with Crippen molar-refractivity contribution in [3.63, 3.8) is 0 Å². The molecule has 5 aliphatic rings. The maximum absolute atomic E-state index is 14.3. The third-order valence-electron chi connectivity index (χ3n) is 13.5. The predicted octanol–water partition coefficient (Wildman–Crippen LogP) is 8.89. The van der Waals surface area contributed by atoms with Crippen LogP contribution in [-0.2, 0) is 14.3 Å². The van der Waals surface area contributed by atoms with Gasteiger partial charge in [-0.2, -0.15) is 0 Å². The molecule has 0 heterocycles. The van der Waals surface area contributed by atoms with E-state index in [1.54, 1.807) is 0 Å². The van der Waals surface area contributed by atoms with Gasteiger partial charge in [0, 0.05) is 33.8 Å². The molecule has 0 aliphatic heterocycles. The van der Waals surface area contributed by atoms with Crippen molar-refractivity contribution in [2.75, 3.05) is 0 Å². The number of ketones is 1. The Bertz CT molecular complexity index is 970. The quantitative estimate of drug-likeness (QED) is 0.215. The van der Waals surface area contributed by atoms with Crippen molar-refractivity contribution in [1.82, 2.24) is 0 Å². The van der Waals surface area contributed by atoms with Crippen LogP contribution in [0.25, 0.3) is 0 Å². The molecule has 5 rings (SSSR count). The lowest BCUT2D eigenvalue weighted by Gasteiger charge is -2.62. The van der Waals surface area contributed by atoms with Crippen LogP contribution in [-0.4, -0.2) is 27.0 Å². The second-order valence-electron chi connectivity index (χ2n) is 15.7. The molecule has 0 radical (unpaired) electrons. The summed E-state index contributed by atoms with van der Waals surface area (Å²) < 4.78 is 5.94. The molecule has 210 valence electrons. The zero-order chi connectivity index (χ0) is 27.4. The van der Waals surface area contributed by atoms with Crippen LogP contribution in [0.2, 0.25) is 0 Å². The number of carbonyl (C=O) groups excluding carboxylic acids is 2. The van der Waals surface area contributed by atoms with E-state index in [1.165, 1.54) is 51.9 Å². The average molecular weight is 643 g/mol. The minimum absolute atomic E-state index is 0.0634. The Hall–Kier alpha value is 0.1000. The zero-order valence-electron chi connectivity index (χ0n) is 24.5. The summed E-state index contributed by atoms with van der Waals surface area (Å²) in [6.45, 7) is 18.2. The van der Waals surface area contributed by atoms with Gasteiger partial charge in [0.2, 0.25) is 0 Å². The van der Waals surface area contributed by atoms with Gasteiger partial charge >= 0.3 is 5.97 Å². The Balaban J connectivity index is 1.40. The number of carbonyl (C=O) groups is 2. The van der Waals surface area contributed by atoms with E-state index in [0.29, 0.717) is 34.8 Å². The standard InChI is InChI=1S/C32H50Br2O3/c1-19(9-10-24(33)28(5,6)34)21-11-13-30(8)26-22(36)17-23-27(3,4)25(37-20(2)35)12-14-31(23)18-32(26,31)16-15-29(21,30)7/h19,21,23-26H,9-18H2,1-8H3/t19-,21-,23+,24?,25+,26+,29-,30+,31-,32+/m1/s1. The summed E-state index contributed by atoms with van der Waals surface area (Å²) in [7, 11) is 0. The number of rotatable bonds is 6. The van der Waals surface area contributed by atoms with E-state index in [4.69, 9.17) is 4.74 Å². The largest absolute Gasteiger partial charge is 0.462 e. The molecule has 3 nitrogen and oxygen atoms in total. The molecular weight excluding hydrogens is 592 g/mol. The molecule has 5 fully saturated rings. The molecule has 0 aromatic rings. The van der Waals surface area contributed by atoms with Crippen LogP contribution < -0.4 is 0 Å². The molecule has 0 aromatic heterocycles. The minimum Gasteiger partial charge on any atom is -0.462 e. The van der Waals surface area contributed by atoms with E-state index in [2.05, 4.69) is 80.3 Å². The molecule has 0 aromatic carbocycles. The van der Waals surface area contributed by atoms with Gasteiger partial charge in [0.05, 0.1) is 0 Å². The highest BCUT2D eigenvalue weighted by atomic mass is 79.9. The molecule has 1 unspecified atom stereocenters. The van der Waals surface area contributed by atoms with Crippen LogP contribution in [0.15, 0.2) is 0 Å². The van der Waals surface area contributed by atoms with E-state index in [-0.39, 0.29) is 49.4 Å². The molecule has 0 N–H and O–H groups in total. The van der Waals surface area contributed by atoms with Crippen molar-refractivity contribution >= 4 is 43.6 Å². The lowest BCUT2D eigenvalue weighted by molar-refractivity contribution is -0.184. The van der Waals surface area contributed by atoms with Gasteiger partial charge in [-0.3, -0.25) is 9.59 Å². The van der Waals surface area contributed by atoms with Crippen molar-refractivity contribution in [2.24, 2.45) is 50.7 Å². The Labute approximate surface area is 242 Å². The maximum atomic E-state index is 14.3. The maximum Gasteiger partial charge on any atom is 0.302 e. The van der Waals surface area contributed by atoms with Crippen molar-refractivity contribution in [3.05, 3.63) is 0 Å². The van der Waals surface area contributed by atoms with Gasteiger partial charge in [0.15, 0.2) is 0 Å². The van der Waals surface area contributed by atoms with Crippen LogP contribution in [0.5, 0.6) is 0 Å². The van der Waals surface area contributed by atoms with Gasteiger partial charge in [-0.15, -0.1) is 0 Å². The number of Topliss-reactive ketones (excluding diaryl/α,β-unsaturated/α-hetero) is 1. The highest BCUT2D eigenvalue weighted by Gasteiger charge is 2.84. The summed E-state index contributed by atoms with van der Waals surface area (Å²) in [6.07, 6.45) is 11.3. The highest BCUT2D eigenvalue weighted by Crippen LogP contribution is 2.88. The van der Waals surface area contributed by atoms with Gasteiger partial charge < -0.3 is 4.74 Å². The minimum atomic E-state index is -0.183. The second-order valence-corrected chi connectivity index (χ2v) is 18.8. The fourth-order valence-corrected chi connectivity index (χ4v) is 11.8. The third-order valence-corrected chi connectivity index (χ3v) is 16.2. The van der Waals surface area contributed by atoms with Gasteiger partial charge in [0.1, 0.15) is 11.9 Å². The molecule has 0 amide bonds. The molecule has 0 saturated heterocycles. The van der Waals surface area contributed by atoms with Crippen LogP contribution in [0.3, 0.4) is 0 Å². The molecule has 5 saturated carbocycles. The molecule has 2 spiro atoms. The van der Waals surface area contributed by atoms with Crippen molar-refractivity contribution in [1.29, 1.82) is 0 Å². The van der Waals surface area contributed by atoms with E-state index in [0.717, 1.165) is 12.8 Å². The number of hydrogen-bond acceptors (Lipinski definition) is 3. The zero-order valence-corrected chi connectivity index (χ0v) is 27.7. The number of ether oxygens (including phenoxy) is 1. The van der Waals surface area contributed by atoms with Crippen LogP contribution in [0.1, 0.15) is 120 Å². The molecular formula is C32H50Br2O3. The van der Waals surface area contributed by atoms with E-state index >= 15 is 0 Å². The molecule has 0 bridgehead atoms. The first-order valence-electron chi connectivity index (χ1n) is 15.0. The van der Waals surface area contributed by atoms with Gasteiger partial charge in [-0.05, 0) is 111 Å². The molecule has 37 heavy (non-hydrogen) atoms. The summed E-state index contributed by atoms with van der Waals surface area (Å²) in [5.74, 6) is 2.29. The van der Waals surface area contributed by atoms with Crippen molar-refractivity contribution in [2.45, 2.75) is 135 Å². The fourth-order valence-electron chi connectivity index (χ4n) is 11.3. The summed E-state index contributed by atoms with van der Waals surface area (Å²) in [4.78, 5) is 26.6. The van der Waals surface area contributed by atoms with Crippen LogP contribution >= 0.6 is 31.9 Å². The summed E-state index contributed by atoms with van der Waals surface area (Å²) in [5, 5.41) is 0. The SMILES string of the molecule is CC(=O)O[C@H]1CC[C@]23C[C@]24CC[C@]2(C)[C@@H]([C@H](C)CCC(Br)C(C)(C)Br)CC[C@@]2(C)[C@@H]4C(=O)C[C@H]3C1(C)C. The number of fused-ring (bicyclic) bond motifs is 2. The number of esters is 1. The van der Waals surface area contributed by atoms with Gasteiger partial charge in [-0.1, -0.05) is 66.5 Å². The molecule has 5 aliphatic carbocycles. The lowest BCUT2D eigenvalue weighted by Crippen LogP contribution is -2.61. The topological polar surface area (TPSA) is 43.4 Å². The summed E-state index contributed by atoms with van der Waals surface area (Å²) in [5.41, 5.74) is 0.682. The Morgan fingerprint density at radius 3 is 2.32 bits per heavy atom. The molecule has 5 heteroatoms. The van der Waals surface area contributed by atoms with Gasteiger partial charge in [-0.25, -0.2) is 0 Å². The number of hydrogen-bond donors (Lipinski definition) is 0. The summed E-state index contributed by atoms with van der Waals surface area (Å²) >= 11 is 7.78. The van der Waals surface area contributed by atoms with Gasteiger partial charge in [0.25, 0.3) is 0 Å². The Kier molecular flexibility index (Phi) is 6.81. The van der Waals surface area contributed by atoms with E-state index in [1.807, 2.05) is 0 Å². The second kappa shape index (κ2) is 8.80. The lowest BCUT2D eigenvalue weighted by atomic mass is 9.41. The monoisotopic (exact) mass is 640 g/mol. The fraction of sp³-hybridized carbons (Fsp3) is 0.938. The first kappa shape index (κ1) is 28.6. The first-order chi connectivity index (χ1) is 17.0. The Morgan fingerprint density at radius 1 is 1.03 bits per heavy atom. The molecule has 10 atom stereocenters. The van der Waals surface area contributed by atoms with E-state index in [9.17, 15) is 9.59 Å². The smallest absolute Gasteiger partial charge is 0.302 e. The summed E-state index contributed by atoms with van der Waals surface area (Å²) in [6, 6.07) is 0. The normalized spacial score (nSPS) is 47.7. The van der Waals surface area contributed by atoms with Crippen LogP contribution in [0, 0.1) is 50.7 Å². The van der Waals surface area contributed by atoms with Crippen LogP contribution in [0.4, 0.5) is 0 Å². The van der Waals surface area contributed by atoms with Crippen molar-refractivity contribution in [3.8, 4) is 0 Å². The van der Waals surface area contributed by atoms with E-state index < -0.39 is 0 Å². The predicted molar refractivity (Wildman–Crippen MR) is 157 cm³/mol. The number of alkyl halides is 2. The van der Waals surface area contributed by atoms with Crippen molar-refractivity contribution < 1.29 is 14.3 Å². The number of halogens is 2. The Morgan fingerprint density at radius 2 is 1.70 bits per heavy atom. The third kappa shape index (κ3) is 3.87. The highest BCUT2D eigenvalue weighted by molar-refractivity contribution is 9.12. The first-order valence-corrected chi connectivity index (χ1v) is 16.7.